The fraction of sp³-hybridized carbons (Fsp3) is 0.222. The second-order valence-corrected chi connectivity index (χ2v) is 2.81. The fourth-order valence-corrected chi connectivity index (χ4v) is 0.929. The molecule has 1 amide bonds. The summed E-state index contributed by atoms with van der Waals surface area (Å²) in [5.74, 6) is -2.60. The van der Waals surface area contributed by atoms with Crippen molar-refractivity contribution in [3.05, 3.63) is 35.6 Å². The van der Waals surface area contributed by atoms with Gasteiger partial charge < -0.3 is 5.32 Å². The summed E-state index contributed by atoms with van der Waals surface area (Å²) in [6, 6.07) is 4.98. The van der Waals surface area contributed by atoms with E-state index in [1.165, 1.54) is 12.1 Å². The SMILES string of the molecule is O=C(NCc1cccc(F)c1)C(F)(F)F. The van der Waals surface area contributed by atoms with Gasteiger partial charge in [0.2, 0.25) is 0 Å². The van der Waals surface area contributed by atoms with Crippen molar-refractivity contribution in [2.24, 2.45) is 0 Å². The van der Waals surface area contributed by atoms with Crippen LogP contribution < -0.4 is 5.32 Å². The molecule has 1 N–H and O–H groups in total. The van der Waals surface area contributed by atoms with Gasteiger partial charge in [-0.2, -0.15) is 13.2 Å². The van der Waals surface area contributed by atoms with Gasteiger partial charge in [-0.1, -0.05) is 12.1 Å². The maximum Gasteiger partial charge on any atom is 0.471 e. The maximum absolute atomic E-state index is 12.6. The van der Waals surface area contributed by atoms with Crippen molar-refractivity contribution in [1.82, 2.24) is 5.32 Å². The lowest BCUT2D eigenvalue weighted by Crippen LogP contribution is -2.36. The van der Waals surface area contributed by atoms with E-state index in [0.717, 1.165) is 12.1 Å². The Hall–Kier alpha value is -1.59. The molecule has 82 valence electrons. The summed E-state index contributed by atoms with van der Waals surface area (Å²) in [7, 11) is 0. The molecule has 0 spiro atoms. The van der Waals surface area contributed by atoms with Gasteiger partial charge in [0.1, 0.15) is 5.82 Å². The average molecular weight is 221 g/mol. The molecule has 1 rings (SSSR count). The number of rotatable bonds is 2. The van der Waals surface area contributed by atoms with Crippen LogP contribution in [0.4, 0.5) is 17.6 Å². The summed E-state index contributed by atoms with van der Waals surface area (Å²) in [5.41, 5.74) is 0.271. The van der Waals surface area contributed by atoms with Crippen LogP contribution >= 0.6 is 0 Å². The van der Waals surface area contributed by atoms with E-state index in [2.05, 4.69) is 0 Å². The Kier molecular flexibility index (Phi) is 3.28. The molecule has 0 heterocycles. The van der Waals surface area contributed by atoms with Crippen LogP contribution in [0.5, 0.6) is 0 Å². The zero-order valence-corrected chi connectivity index (χ0v) is 7.44. The minimum Gasteiger partial charge on any atom is -0.344 e. The average Bonchev–Trinajstić information content (AvgIpc) is 2.12. The van der Waals surface area contributed by atoms with Gasteiger partial charge in [0.25, 0.3) is 0 Å². The Bertz CT molecular complexity index is 361. The third kappa shape index (κ3) is 3.57. The van der Waals surface area contributed by atoms with Gasteiger partial charge in [-0.25, -0.2) is 4.39 Å². The zero-order valence-electron chi connectivity index (χ0n) is 7.44. The van der Waals surface area contributed by atoms with Crippen molar-refractivity contribution in [3.63, 3.8) is 0 Å². The molecule has 0 atom stereocenters. The molecule has 0 aliphatic heterocycles. The Morgan fingerprint density at radius 1 is 1.33 bits per heavy atom. The molecule has 0 bridgehead atoms. The first-order valence-electron chi connectivity index (χ1n) is 3.99. The normalized spacial score (nSPS) is 11.2. The molecule has 1 aromatic rings. The number of halogens is 4. The van der Waals surface area contributed by atoms with Gasteiger partial charge in [0.15, 0.2) is 0 Å². The van der Waals surface area contributed by atoms with Gasteiger partial charge in [0, 0.05) is 6.54 Å². The Morgan fingerprint density at radius 3 is 2.53 bits per heavy atom. The van der Waals surface area contributed by atoms with Gasteiger partial charge in [-0.05, 0) is 17.7 Å². The van der Waals surface area contributed by atoms with Crippen molar-refractivity contribution in [2.75, 3.05) is 0 Å². The molecule has 1 aromatic carbocycles. The van der Waals surface area contributed by atoms with Crippen molar-refractivity contribution < 1.29 is 22.4 Å². The molecule has 6 heteroatoms. The number of nitrogens with one attached hydrogen (secondary N) is 1. The minimum atomic E-state index is -4.91. The lowest BCUT2D eigenvalue weighted by atomic mass is 10.2. The summed E-state index contributed by atoms with van der Waals surface area (Å²) in [6.07, 6.45) is -4.91. The number of alkyl halides is 3. The second kappa shape index (κ2) is 4.29. The highest BCUT2D eigenvalue weighted by Crippen LogP contribution is 2.14. The van der Waals surface area contributed by atoms with Crippen LogP contribution in [0.25, 0.3) is 0 Å². The number of benzene rings is 1. The standard InChI is InChI=1S/C9H7F4NO/c10-7-3-1-2-6(4-7)5-14-8(15)9(11,12)13/h1-4H,5H2,(H,14,15). The number of hydrogen-bond donors (Lipinski definition) is 1. The quantitative estimate of drug-likeness (QED) is 0.760. The molecular weight excluding hydrogens is 214 g/mol. The van der Waals surface area contributed by atoms with E-state index in [1.54, 1.807) is 5.32 Å². The van der Waals surface area contributed by atoms with Crippen LogP contribution in [0.3, 0.4) is 0 Å². The van der Waals surface area contributed by atoms with Crippen LogP contribution in [0.15, 0.2) is 24.3 Å². The largest absolute Gasteiger partial charge is 0.471 e. The summed E-state index contributed by atoms with van der Waals surface area (Å²) >= 11 is 0. The monoisotopic (exact) mass is 221 g/mol. The first-order chi connectivity index (χ1) is 6.89. The zero-order chi connectivity index (χ0) is 11.5. The molecular formula is C9H7F4NO. The van der Waals surface area contributed by atoms with E-state index in [0.29, 0.717) is 0 Å². The van der Waals surface area contributed by atoms with Crippen molar-refractivity contribution >= 4 is 5.91 Å². The Balaban J connectivity index is 2.55. The summed E-state index contributed by atoms with van der Waals surface area (Å²) in [6.45, 7) is -0.351. The molecule has 0 aliphatic rings. The van der Waals surface area contributed by atoms with Crippen LogP contribution in [0, 0.1) is 5.82 Å². The number of amides is 1. The van der Waals surface area contributed by atoms with Gasteiger partial charge >= 0.3 is 12.1 Å². The summed E-state index contributed by atoms with van der Waals surface area (Å²) in [4.78, 5) is 10.4. The van der Waals surface area contributed by atoms with E-state index in [1.807, 2.05) is 0 Å². The van der Waals surface area contributed by atoms with Crippen molar-refractivity contribution in [3.8, 4) is 0 Å². The van der Waals surface area contributed by atoms with Gasteiger partial charge in [0.05, 0.1) is 0 Å². The molecule has 2 nitrogen and oxygen atoms in total. The Labute approximate surface area is 82.9 Å². The molecule has 0 saturated heterocycles. The fourth-order valence-electron chi connectivity index (χ4n) is 0.929. The minimum absolute atomic E-state index is 0.271. The van der Waals surface area contributed by atoms with E-state index >= 15 is 0 Å². The van der Waals surface area contributed by atoms with E-state index < -0.39 is 17.9 Å². The number of carbonyl (C=O) groups is 1. The highest BCUT2D eigenvalue weighted by Gasteiger charge is 2.38. The second-order valence-electron chi connectivity index (χ2n) is 2.81. The predicted molar refractivity (Wildman–Crippen MR) is 44.3 cm³/mol. The Morgan fingerprint density at radius 2 is 2.00 bits per heavy atom. The van der Waals surface area contributed by atoms with Gasteiger partial charge in [-0.3, -0.25) is 4.79 Å². The van der Waals surface area contributed by atoms with E-state index in [4.69, 9.17) is 0 Å². The summed E-state index contributed by atoms with van der Waals surface area (Å²) in [5, 5.41) is 1.64. The molecule has 0 aromatic heterocycles. The van der Waals surface area contributed by atoms with Crippen LogP contribution in [-0.2, 0) is 11.3 Å². The van der Waals surface area contributed by atoms with Crippen molar-refractivity contribution in [1.29, 1.82) is 0 Å². The molecule has 15 heavy (non-hydrogen) atoms. The highest BCUT2D eigenvalue weighted by atomic mass is 19.4. The number of carbonyl (C=O) groups excluding carboxylic acids is 1. The first kappa shape index (κ1) is 11.5. The van der Waals surface area contributed by atoms with Crippen LogP contribution in [0.1, 0.15) is 5.56 Å². The first-order valence-corrected chi connectivity index (χ1v) is 3.99. The molecule has 0 saturated carbocycles. The molecule has 0 aliphatic carbocycles. The topological polar surface area (TPSA) is 29.1 Å². The van der Waals surface area contributed by atoms with Crippen LogP contribution in [0.2, 0.25) is 0 Å². The smallest absolute Gasteiger partial charge is 0.344 e. The predicted octanol–water partition coefficient (Wildman–Crippen LogP) is 2.00. The summed E-state index contributed by atoms with van der Waals surface area (Å²) < 4.78 is 47.8. The molecule has 0 unspecified atom stereocenters. The van der Waals surface area contributed by atoms with Crippen LogP contribution in [-0.4, -0.2) is 12.1 Å². The van der Waals surface area contributed by atoms with E-state index in [-0.39, 0.29) is 12.1 Å². The highest BCUT2D eigenvalue weighted by molar-refractivity contribution is 5.81. The molecule has 0 fully saturated rings. The maximum atomic E-state index is 12.6. The number of hydrogen-bond acceptors (Lipinski definition) is 1. The lowest BCUT2D eigenvalue weighted by molar-refractivity contribution is -0.173. The third-order valence-corrected chi connectivity index (χ3v) is 1.60. The van der Waals surface area contributed by atoms with Crippen molar-refractivity contribution in [2.45, 2.75) is 12.7 Å². The third-order valence-electron chi connectivity index (χ3n) is 1.60. The van der Waals surface area contributed by atoms with E-state index in [9.17, 15) is 22.4 Å². The van der Waals surface area contributed by atoms with Gasteiger partial charge in [-0.15, -0.1) is 0 Å². The lowest BCUT2D eigenvalue weighted by Gasteiger charge is -2.07. The molecule has 0 radical (unpaired) electrons.